The van der Waals surface area contributed by atoms with Gasteiger partial charge in [0.1, 0.15) is 12.6 Å². The van der Waals surface area contributed by atoms with Gasteiger partial charge in [-0.3, -0.25) is 4.79 Å². The quantitative estimate of drug-likeness (QED) is 0.946. The fourth-order valence-electron chi connectivity index (χ4n) is 2.66. The van der Waals surface area contributed by atoms with E-state index < -0.39 is 12.1 Å². The highest BCUT2D eigenvalue weighted by atomic mass is 16.5. The van der Waals surface area contributed by atoms with Crippen molar-refractivity contribution < 1.29 is 14.3 Å². The van der Waals surface area contributed by atoms with Gasteiger partial charge in [0, 0.05) is 6.42 Å². The van der Waals surface area contributed by atoms with E-state index in [1.807, 2.05) is 54.6 Å². The molecular formula is C18H17NO3. The number of aryl methyl sites for hydroxylation is 1. The zero-order chi connectivity index (χ0) is 15.4. The summed E-state index contributed by atoms with van der Waals surface area (Å²) in [6, 6.07) is 16.5. The van der Waals surface area contributed by atoms with Crippen molar-refractivity contribution in [3.05, 3.63) is 71.3 Å². The normalized spacial score (nSPS) is 16.7. The minimum Gasteiger partial charge on any atom is -0.445 e. The smallest absolute Gasteiger partial charge is 0.408 e. The molecule has 0 aliphatic heterocycles. The molecule has 0 bridgehead atoms. The third-order valence-corrected chi connectivity index (χ3v) is 3.80. The molecule has 0 saturated carbocycles. The van der Waals surface area contributed by atoms with Crippen molar-refractivity contribution in [2.24, 2.45) is 0 Å². The van der Waals surface area contributed by atoms with Crippen LogP contribution in [-0.4, -0.2) is 11.9 Å². The lowest BCUT2D eigenvalue weighted by Gasteiger charge is -2.24. The predicted molar refractivity (Wildman–Crippen MR) is 82.3 cm³/mol. The summed E-state index contributed by atoms with van der Waals surface area (Å²) in [7, 11) is 0. The molecule has 0 fully saturated rings. The lowest BCUT2D eigenvalue weighted by molar-refractivity contribution is -0.121. The van der Waals surface area contributed by atoms with Crippen LogP contribution in [0.15, 0.2) is 54.6 Å². The van der Waals surface area contributed by atoms with Gasteiger partial charge in [-0.05, 0) is 23.1 Å². The summed E-state index contributed by atoms with van der Waals surface area (Å²) in [5, 5.41) is 2.68. The number of ether oxygens (including phenoxy) is 1. The number of amides is 1. The Morgan fingerprint density at radius 1 is 1.05 bits per heavy atom. The molecule has 4 nitrogen and oxygen atoms in total. The van der Waals surface area contributed by atoms with Crippen LogP contribution < -0.4 is 5.32 Å². The number of fused-ring (bicyclic) bond motifs is 1. The zero-order valence-corrected chi connectivity index (χ0v) is 12.1. The lowest BCUT2D eigenvalue weighted by Crippen LogP contribution is -2.37. The molecule has 1 atom stereocenters. The van der Waals surface area contributed by atoms with Gasteiger partial charge >= 0.3 is 6.09 Å². The summed E-state index contributed by atoms with van der Waals surface area (Å²) in [5.74, 6) is 0.0235. The van der Waals surface area contributed by atoms with Crippen LogP contribution in [0, 0.1) is 0 Å². The maximum Gasteiger partial charge on any atom is 0.408 e. The van der Waals surface area contributed by atoms with Crippen molar-refractivity contribution >= 4 is 11.9 Å². The molecule has 2 aromatic rings. The second-order valence-corrected chi connectivity index (χ2v) is 5.30. The molecule has 1 aliphatic rings. The summed E-state index contributed by atoms with van der Waals surface area (Å²) in [4.78, 5) is 24.1. The van der Waals surface area contributed by atoms with Crippen LogP contribution in [0.1, 0.15) is 29.2 Å². The van der Waals surface area contributed by atoms with E-state index in [-0.39, 0.29) is 12.4 Å². The Kier molecular flexibility index (Phi) is 4.19. The monoisotopic (exact) mass is 295 g/mol. The molecule has 0 heterocycles. The second kappa shape index (κ2) is 6.43. The van der Waals surface area contributed by atoms with Gasteiger partial charge in [-0.15, -0.1) is 0 Å². The summed E-state index contributed by atoms with van der Waals surface area (Å²) < 4.78 is 5.19. The van der Waals surface area contributed by atoms with Crippen LogP contribution >= 0.6 is 0 Å². The molecule has 4 heteroatoms. The molecule has 1 N–H and O–H groups in total. The van der Waals surface area contributed by atoms with Crippen LogP contribution in [-0.2, 0) is 22.6 Å². The minimum atomic E-state index is -0.603. The summed E-state index contributed by atoms with van der Waals surface area (Å²) in [6.07, 6.45) is 0.603. The molecular weight excluding hydrogens is 278 g/mol. The minimum absolute atomic E-state index is 0.0235. The SMILES string of the molecule is O=C(NC1C(=O)CCc2ccccc21)OCc1ccccc1. The first-order chi connectivity index (χ1) is 10.7. The van der Waals surface area contributed by atoms with Crippen LogP contribution in [0.2, 0.25) is 0 Å². The van der Waals surface area contributed by atoms with E-state index >= 15 is 0 Å². The fraction of sp³-hybridized carbons (Fsp3) is 0.222. The molecule has 0 saturated heterocycles. The van der Waals surface area contributed by atoms with Gasteiger partial charge < -0.3 is 10.1 Å². The van der Waals surface area contributed by atoms with E-state index in [1.54, 1.807) is 0 Å². The number of nitrogens with one attached hydrogen (secondary N) is 1. The number of Topliss-reactive ketones (excluding diaryl/α,β-unsaturated/α-hetero) is 1. The second-order valence-electron chi connectivity index (χ2n) is 5.30. The molecule has 0 radical (unpaired) electrons. The van der Waals surface area contributed by atoms with Crippen molar-refractivity contribution in [3.8, 4) is 0 Å². The average molecular weight is 295 g/mol. The Morgan fingerprint density at radius 3 is 2.59 bits per heavy atom. The zero-order valence-electron chi connectivity index (χ0n) is 12.1. The largest absolute Gasteiger partial charge is 0.445 e. The lowest BCUT2D eigenvalue weighted by atomic mass is 9.87. The number of alkyl carbamates (subject to hydrolysis) is 1. The predicted octanol–water partition coefficient (Wildman–Crippen LogP) is 3.17. The number of carbonyl (C=O) groups excluding carboxylic acids is 2. The maximum absolute atomic E-state index is 12.1. The summed E-state index contributed by atoms with van der Waals surface area (Å²) >= 11 is 0. The van der Waals surface area contributed by atoms with E-state index in [4.69, 9.17) is 4.74 Å². The van der Waals surface area contributed by atoms with Gasteiger partial charge in [0.05, 0.1) is 0 Å². The molecule has 1 amide bonds. The van der Waals surface area contributed by atoms with Gasteiger partial charge in [-0.1, -0.05) is 54.6 Å². The first kappa shape index (κ1) is 14.3. The highest BCUT2D eigenvalue weighted by Crippen LogP contribution is 2.27. The van der Waals surface area contributed by atoms with Gasteiger partial charge in [0.2, 0.25) is 0 Å². The van der Waals surface area contributed by atoms with E-state index in [0.717, 1.165) is 23.1 Å². The Labute approximate surface area is 129 Å². The summed E-state index contributed by atoms with van der Waals surface area (Å²) in [5.41, 5.74) is 2.89. The fourth-order valence-corrected chi connectivity index (χ4v) is 2.66. The molecule has 112 valence electrons. The van der Waals surface area contributed by atoms with Crippen molar-refractivity contribution in [2.45, 2.75) is 25.5 Å². The number of rotatable bonds is 3. The van der Waals surface area contributed by atoms with Crippen molar-refractivity contribution in [2.75, 3.05) is 0 Å². The van der Waals surface area contributed by atoms with Crippen LogP contribution in [0.3, 0.4) is 0 Å². The van der Waals surface area contributed by atoms with E-state index in [0.29, 0.717) is 6.42 Å². The van der Waals surface area contributed by atoms with Gasteiger partial charge in [-0.25, -0.2) is 4.79 Å². The number of carbonyl (C=O) groups is 2. The van der Waals surface area contributed by atoms with Gasteiger partial charge in [-0.2, -0.15) is 0 Å². The molecule has 1 aliphatic carbocycles. The van der Waals surface area contributed by atoms with E-state index in [1.165, 1.54) is 0 Å². The van der Waals surface area contributed by atoms with Crippen molar-refractivity contribution in [3.63, 3.8) is 0 Å². The first-order valence-electron chi connectivity index (χ1n) is 7.32. The number of ketones is 1. The number of benzene rings is 2. The Hall–Kier alpha value is -2.62. The average Bonchev–Trinajstić information content (AvgIpc) is 2.56. The molecule has 22 heavy (non-hydrogen) atoms. The Balaban J connectivity index is 1.65. The third-order valence-electron chi connectivity index (χ3n) is 3.80. The van der Waals surface area contributed by atoms with Gasteiger partial charge in [0.25, 0.3) is 0 Å². The molecule has 3 rings (SSSR count). The number of hydrogen-bond donors (Lipinski definition) is 1. The summed E-state index contributed by atoms with van der Waals surface area (Å²) in [6.45, 7) is 0.190. The topological polar surface area (TPSA) is 55.4 Å². The molecule has 2 aromatic carbocycles. The maximum atomic E-state index is 12.1. The van der Waals surface area contributed by atoms with Crippen LogP contribution in [0.4, 0.5) is 4.79 Å². The van der Waals surface area contributed by atoms with Crippen LogP contribution in [0.5, 0.6) is 0 Å². The van der Waals surface area contributed by atoms with Gasteiger partial charge in [0.15, 0.2) is 5.78 Å². The van der Waals surface area contributed by atoms with Crippen LogP contribution in [0.25, 0.3) is 0 Å². The first-order valence-corrected chi connectivity index (χ1v) is 7.32. The Morgan fingerprint density at radius 2 is 1.77 bits per heavy atom. The third kappa shape index (κ3) is 3.17. The highest BCUT2D eigenvalue weighted by molar-refractivity contribution is 5.90. The molecule has 1 unspecified atom stereocenters. The molecule has 0 spiro atoms. The number of hydrogen-bond acceptors (Lipinski definition) is 3. The van der Waals surface area contributed by atoms with Crippen molar-refractivity contribution in [1.29, 1.82) is 0 Å². The highest BCUT2D eigenvalue weighted by Gasteiger charge is 2.28. The van der Waals surface area contributed by atoms with E-state index in [9.17, 15) is 9.59 Å². The van der Waals surface area contributed by atoms with E-state index in [2.05, 4.69) is 5.32 Å². The standard InChI is InChI=1S/C18H17NO3/c20-16-11-10-14-8-4-5-9-15(14)17(16)19-18(21)22-12-13-6-2-1-3-7-13/h1-9,17H,10-12H2,(H,19,21). The van der Waals surface area contributed by atoms with Crippen molar-refractivity contribution in [1.82, 2.24) is 5.32 Å². The Bertz CT molecular complexity index is 682. The molecule has 0 aromatic heterocycles.